The lowest BCUT2D eigenvalue weighted by molar-refractivity contribution is -0.118. The van der Waals surface area contributed by atoms with Gasteiger partial charge in [-0.2, -0.15) is 0 Å². The van der Waals surface area contributed by atoms with E-state index in [1.54, 1.807) is 0 Å². The van der Waals surface area contributed by atoms with Gasteiger partial charge in [0.25, 0.3) is 0 Å². The molecule has 2 rings (SSSR count). The summed E-state index contributed by atoms with van der Waals surface area (Å²) in [4.78, 5) is 23.2. The van der Waals surface area contributed by atoms with Crippen LogP contribution in [0.5, 0.6) is 0 Å². The number of nitrogens with two attached hydrogens (primary N) is 1. The lowest BCUT2D eigenvalue weighted by Gasteiger charge is -2.30. The maximum absolute atomic E-state index is 12.8. The van der Waals surface area contributed by atoms with Crippen molar-refractivity contribution in [2.24, 2.45) is 11.7 Å². The molecule has 1 atom stereocenters. The molecule has 6 nitrogen and oxygen atoms in total. The second-order valence-corrected chi connectivity index (χ2v) is 5.33. The van der Waals surface area contributed by atoms with E-state index in [1.165, 1.54) is 24.3 Å². The van der Waals surface area contributed by atoms with Crippen LogP contribution in [0.3, 0.4) is 0 Å². The van der Waals surface area contributed by atoms with E-state index in [2.05, 4.69) is 10.6 Å². The smallest absolute Gasteiger partial charge is 0.319 e. The van der Waals surface area contributed by atoms with Crippen molar-refractivity contribution in [2.45, 2.75) is 25.3 Å². The minimum absolute atomic E-state index is 0.0848. The van der Waals surface area contributed by atoms with E-state index >= 15 is 0 Å². The van der Waals surface area contributed by atoms with Gasteiger partial charge in [0.1, 0.15) is 5.82 Å². The van der Waals surface area contributed by atoms with Crippen molar-refractivity contribution in [1.29, 1.82) is 0 Å². The Morgan fingerprint density at radius 1 is 1.27 bits per heavy atom. The second kappa shape index (κ2) is 7.74. The highest BCUT2D eigenvalue weighted by molar-refractivity contribution is 5.89. The van der Waals surface area contributed by atoms with E-state index in [1.807, 2.05) is 0 Å². The number of halogens is 1. The second-order valence-electron chi connectivity index (χ2n) is 5.33. The quantitative estimate of drug-likeness (QED) is 0.771. The highest BCUT2D eigenvalue weighted by Crippen LogP contribution is 2.21. The molecule has 1 heterocycles. The minimum atomic E-state index is -0.460. The van der Waals surface area contributed by atoms with Gasteiger partial charge in [-0.1, -0.05) is 0 Å². The number of ether oxygens (including phenoxy) is 1. The van der Waals surface area contributed by atoms with Crippen LogP contribution >= 0.6 is 0 Å². The van der Waals surface area contributed by atoms with Gasteiger partial charge in [0.05, 0.1) is 0 Å². The summed E-state index contributed by atoms with van der Waals surface area (Å²) in [5.74, 6) is -0.682. The Labute approximate surface area is 128 Å². The molecule has 0 spiro atoms. The minimum Gasteiger partial charge on any atom is -0.381 e. The van der Waals surface area contributed by atoms with Crippen LogP contribution in [0, 0.1) is 11.7 Å². The van der Waals surface area contributed by atoms with Crippen LogP contribution in [0.4, 0.5) is 14.9 Å². The molecule has 0 bridgehead atoms. The maximum atomic E-state index is 12.8. The largest absolute Gasteiger partial charge is 0.381 e. The first-order chi connectivity index (χ1) is 10.5. The number of urea groups is 1. The number of carbonyl (C=O) groups excluding carboxylic acids is 2. The number of anilines is 1. The lowest BCUT2D eigenvalue weighted by atomic mass is 9.89. The van der Waals surface area contributed by atoms with E-state index < -0.39 is 11.9 Å². The third-order valence-corrected chi connectivity index (χ3v) is 3.67. The first-order valence-electron chi connectivity index (χ1n) is 7.23. The Kier molecular flexibility index (Phi) is 5.71. The summed E-state index contributed by atoms with van der Waals surface area (Å²) in [6, 6.07) is 4.68. The SMILES string of the molecule is NC(=O)C[C@H](NC(=O)Nc1ccc(F)cc1)C1CCOCC1. The Balaban J connectivity index is 1.94. The molecule has 4 N–H and O–H groups in total. The van der Waals surface area contributed by atoms with Crippen molar-refractivity contribution < 1.29 is 18.7 Å². The maximum Gasteiger partial charge on any atom is 0.319 e. The third kappa shape index (κ3) is 5.00. The fraction of sp³-hybridized carbons (Fsp3) is 0.467. The molecular formula is C15H20FN3O3. The number of primary amides is 1. The van der Waals surface area contributed by atoms with Crippen molar-refractivity contribution in [3.05, 3.63) is 30.1 Å². The molecule has 1 aromatic rings. The topological polar surface area (TPSA) is 93.5 Å². The van der Waals surface area contributed by atoms with Crippen molar-refractivity contribution in [3.8, 4) is 0 Å². The van der Waals surface area contributed by atoms with Gasteiger partial charge in [-0.05, 0) is 43.0 Å². The number of amides is 3. The van der Waals surface area contributed by atoms with Crippen LogP contribution in [-0.2, 0) is 9.53 Å². The monoisotopic (exact) mass is 309 g/mol. The molecule has 0 saturated carbocycles. The standard InChI is InChI=1S/C15H20FN3O3/c16-11-1-3-12(4-2-11)18-15(21)19-13(9-14(17)20)10-5-7-22-8-6-10/h1-4,10,13H,5-9H2,(H2,17,20)(H2,18,19,21)/t13-/m0/s1. The Morgan fingerprint density at radius 2 is 1.91 bits per heavy atom. The van der Waals surface area contributed by atoms with Gasteiger partial charge >= 0.3 is 6.03 Å². The zero-order valence-corrected chi connectivity index (χ0v) is 12.2. The zero-order chi connectivity index (χ0) is 15.9. The number of rotatable bonds is 5. The molecule has 0 unspecified atom stereocenters. The first-order valence-corrected chi connectivity index (χ1v) is 7.23. The van der Waals surface area contributed by atoms with Gasteiger partial charge in [-0.15, -0.1) is 0 Å². The Morgan fingerprint density at radius 3 is 2.50 bits per heavy atom. The van der Waals surface area contributed by atoms with Crippen molar-refractivity contribution >= 4 is 17.6 Å². The first kappa shape index (κ1) is 16.2. The van der Waals surface area contributed by atoms with E-state index in [-0.39, 0.29) is 24.2 Å². The van der Waals surface area contributed by atoms with Crippen LogP contribution in [0.25, 0.3) is 0 Å². The fourth-order valence-corrected chi connectivity index (χ4v) is 2.54. The summed E-state index contributed by atoms with van der Waals surface area (Å²) >= 11 is 0. The van der Waals surface area contributed by atoms with Gasteiger partial charge < -0.3 is 21.1 Å². The predicted molar refractivity (Wildman–Crippen MR) is 79.7 cm³/mol. The molecular weight excluding hydrogens is 289 g/mol. The summed E-state index contributed by atoms with van der Waals surface area (Å²) in [5.41, 5.74) is 5.74. The molecule has 120 valence electrons. The number of carbonyl (C=O) groups is 2. The third-order valence-electron chi connectivity index (χ3n) is 3.67. The molecule has 1 fully saturated rings. The fourth-order valence-electron chi connectivity index (χ4n) is 2.54. The molecule has 0 aromatic heterocycles. The van der Waals surface area contributed by atoms with Crippen LogP contribution in [0.15, 0.2) is 24.3 Å². The van der Waals surface area contributed by atoms with Crippen LogP contribution in [0.2, 0.25) is 0 Å². The van der Waals surface area contributed by atoms with E-state index in [4.69, 9.17) is 10.5 Å². The molecule has 22 heavy (non-hydrogen) atoms. The summed E-state index contributed by atoms with van der Waals surface area (Å²) in [6.07, 6.45) is 1.63. The molecule has 3 amide bonds. The molecule has 1 aromatic carbocycles. The van der Waals surface area contributed by atoms with Gasteiger partial charge in [0.15, 0.2) is 0 Å². The molecule has 1 saturated heterocycles. The number of hydrogen-bond donors (Lipinski definition) is 3. The highest BCUT2D eigenvalue weighted by atomic mass is 19.1. The van der Waals surface area contributed by atoms with Gasteiger partial charge in [0.2, 0.25) is 5.91 Å². The molecule has 1 aliphatic heterocycles. The van der Waals surface area contributed by atoms with E-state index in [9.17, 15) is 14.0 Å². The average Bonchev–Trinajstić information content (AvgIpc) is 2.49. The van der Waals surface area contributed by atoms with Gasteiger partial charge in [0, 0.05) is 31.4 Å². The molecule has 0 radical (unpaired) electrons. The van der Waals surface area contributed by atoms with Crippen LogP contribution < -0.4 is 16.4 Å². The average molecular weight is 309 g/mol. The zero-order valence-electron chi connectivity index (χ0n) is 12.2. The van der Waals surface area contributed by atoms with Crippen molar-refractivity contribution in [3.63, 3.8) is 0 Å². The molecule has 1 aliphatic rings. The Bertz CT molecular complexity index is 515. The van der Waals surface area contributed by atoms with Gasteiger partial charge in [-0.25, -0.2) is 9.18 Å². The van der Waals surface area contributed by atoms with Crippen molar-refractivity contribution in [1.82, 2.24) is 5.32 Å². The predicted octanol–water partition coefficient (Wildman–Crippen LogP) is 1.62. The van der Waals surface area contributed by atoms with Crippen molar-refractivity contribution in [2.75, 3.05) is 18.5 Å². The molecule has 0 aliphatic carbocycles. The lowest BCUT2D eigenvalue weighted by Crippen LogP contribution is -2.46. The summed E-state index contributed by atoms with van der Waals surface area (Å²) < 4.78 is 18.1. The summed E-state index contributed by atoms with van der Waals surface area (Å²) in [5, 5.41) is 5.39. The number of benzene rings is 1. The van der Waals surface area contributed by atoms with E-state index in [0.29, 0.717) is 18.9 Å². The van der Waals surface area contributed by atoms with E-state index in [0.717, 1.165) is 12.8 Å². The van der Waals surface area contributed by atoms with Gasteiger partial charge in [-0.3, -0.25) is 4.79 Å². The molecule has 7 heteroatoms. The normalized spacial score (nSPS) is 16.8. The number of hydrogen-bond acceptors (Lipinski definition) is 3. The van der Waals surface area contributed by atoms with Crippen LogP contribution in [-0.4, -0.2) is 31.2 Å². The summed E-state index contributed by atoms with van der Waals surface area (Å²) in [6.45, 7) is 1.22. The highest BCUT2D eigenvalue weighted by Gasteiger charge is 2.26. The summed E-state index contributed by atoms with van der Waals surface area (Å²) in [7, 11) is 0. The Hall–Kier alpha value is -2.15. The number of nitrogens with one attached hydrogen (secondary N) is 2. The van der Waals surface area contributed by atoms with Crippen LogP contribution in [0.1, 0.15) is 19.3 Å².